The molecule has 0 aromatic heterocycles. The van der Waals surface area contributed by atoms with Crippen molar-refractivity contribution in [1.82, 2.24) is 0 Å². The molecule has 0 saturated carbocycles. The second-order valence-corrected chi connectivity index (χ2v) is 5.90. The molecule has 2 rings (SSSR count). The summed E-state index contributed by atoms with van der Waals surface area (Å²) in [6.45, 7) is 4.00. The van der Waals surface area contributed by atoms with Crippen LogP contribution in [0.1, 0.15) is 13.8 Å². The van der Waals surface area contributed by atoms with Crippen molar-refractivity contribution >= 4 is 22.7 Å². The van der Waals surface area contributed by atoms with Crippen LogP contribution in [-0.2, 0) is 0 Å². The van der Waals surface area contributed by atoms with Gasteiger partial charge < -0.3 is 25.0 Å². The highest BCUT2D eigenvalue weighted by molar-refractivity contribution is 5.60. The number of nitro benzene ring substituents is 1. The number of hydrogen-bond acceptors (Lipinski definition) is 7. The molecule has 0 radical (unpaired) electrons. The lowest BCUT2D eigenvalue weighted by atomic mass is 10.2. The fourth-order valence-electron chi connectivity index (χ4n) is 2.03. The minimum Gasteiger partial charge on any atom is -0.497 e. The van der Waals surface area contributed by atoms with Gasteiger partial charge in [-0.25, -0.2) is 0 Å². The minimum absolute atomic E-state index is 0.0352. The van der Waals surface area contributed by atoms with Crippen LogP contribution in [0.2, 0.25) is 0 Å². The third-order valence-corrected chi connectivity index (χ3v) is 3.50. The van der Waals surface area contributed by atoms with Gasteiger partial charge >= 0.3 is 0 Å². The zero-order valence-electron chi connectivity index (χ0n) is 18.0. The first-order valence-electron chi connectivity index (χ1n) is 8.80. The van der Waals surface area contributed by atoms with Gasteiger partial charge in [-0.05, 0) is 6.07 Å². The summed E-state index contributed by atoms with van der Waals surface area (Å²) >= 11 is 0. The van der Waals surface area contributed by atoms with E-state index in [4.69, 9.17) is 15.2 Å². The molecule has 0 atom stereocenters. The van der Waals surface area contributed by atoms with Gasteiger partial charge in [0, 0.05) is 69.5 Å². The minimum atomic E-state index is -0.435. The topological polar surface area (TPSA) is 94.1 Å². The Bertz CT molecular complexity index is 749. The lowest BCUT2D eigenvalue weighted by molar-refractivity contribution is -0.384. The summed E-state index contributed by atoms with van der Waals surface area (Å²) in [4.78, 5) is 13.9. The number of benzene rings is 2. The summed E-state index contributed by atoms with van der Waals surface area (Å²) in [7, 11) is 10.7. The molecule has 0 unspecified atom stereocenters. The van der Waals surface area contributed by atoms with Crippen molar-refractivity contribution in [3.63, 3.8) is 0 Å². The van der Waals surface area contributed by atoms with Crippen molar-refractivity contribution in [2.45, 2.75) is 13.8 Å². The summed E-state index contributed by atoms with van der Waals surface area (Å²) in [6.07, 6.45) is 0. The van der Waals surface area contributed by atoms with Crippen molar-refractivity contribution < 1.29 is 14.4 Å². The van der Waals surface area contributed by atoms with Crippen LogP contribution >= 0.6 is 0 Å². The Balaban J connectivity index is 0.000000483. The predicted octanol–water partition coefficient (Wildman–Crippen LogP) is 4.04. The number of methoxy groups -OCH3 is 2. The maximum absolute atomic E-state index is 10.6. The molecule has 0 fully saturated rings. The number of rotatable bonds is 5. The number of non-ortho nitro benzene ring substituents is 1. The Hall–Kier alpha value is -3.16. The molecular weight excluding hydrogens is 360 g/mol. The van der Waals surface area contributed by atoms with Crippen LogP contribution in [0.25, 0.3) is 0 Å². The van der Waals surface area contributed by atoms with Crippen molar-refractivity contribution in [3.05, 3.63) is 46.5 Å². The molecule has 0 amide bonds. The van der Waals surface area contributed by atoms with Crippen LogP contribution in [0.3, 0.4) is 0 Å². The number of anilines is 3. The van der Waals surface area contributed by atoms with Gasteiger partial charge in [-0.1, -0.05) is 13.8 Å². The molecule has 0 saturated heterocycles. The van der Waals surface area contributed by atoms with Crippen LogP contribution in [0, 0.1) is 10.1 Å². The third-order valence-electron chi connectivity index (χ3n) is 3.50. The summed E-state index contributed by atoms with van der Waals surface area (Å²) in [5.41, 5.74) is 8.22. The first-order valence-corrected chi connectivity index (χ1v) is 8.80. The average Bonchev–Trinajstić information content (AvgIpc) is 2.68. The Morgan fingerprint density at radius 1 is 0.821 bits per heavy atom. The summed E-state index contributed by atoms with van der Waals surface area (Å²) < 4.78 is 10.0. The summed E-state index contributed by atoms with van der Waals surface area (Å²) in [6, 6.07) is 10.3. The van der Waals surface area contributed by atoms with Gasteiger partial charge in [0.2, 0.25) is 0 Å². The number of nitrogen functional groups attached to an aromatic ring is 1. The Kier molecular flexibility index (Phi) is 10.9. The highest BCUT2D eigenvalue weighted by Gasteiger charge is 2.10. The van der Waals surface area contributed by atoms with Crippen LogP contribution in [-0.4, -0.2) is 47.3 Å². The van der Waals surface area contributed by atoms with Gasteiger partial charge in [0.1, 0.15) is 11.5 Å². The van der Waals surface area contributed by atoms with E-state index in [2.05, 4.69) is 0 Å². The van der Waals surface area contributed by atoms with Crippen LogP contribution in [0.15, 0.2) is 36.4 Å². The van der Waals surface area contributed by atoms with Gasteiger partial charge in [-0.2, -0.15) is 0 Å². The van der Waals surface area contributed by atoms with E-state index in [1.54, 1.807) is 24.1 Å². The number of ether oxygens (including phenoxy) is 2. The molecule has 0 aliphatic rings. The molecule has 0 spiro atoms. The van der Waals surface area contributed by atoms with Crippen LogP contribution in [0.4, 0.5) is 22.7 Å². The number of nitrogens with two attached hydrogens (primary N) is 1. The lowest BCUT2D eigenvalue weighted by Gasteiger charge is -2.14. The second kappa shape index (κ2) is 12.3. The van der Waals surface area contributed by atoms with E-state index in [9.17, 15) is 10.1 Å². The Morgan fingerprint density at radius 3 is 1.64 bits per heavy atom. The standard InChI is InChI=1S/C9H12N2O3.C9H14N2O.C2H6/c1-10(2)7-4-8(11(12)13)6-9(5-7)14-3;1-11(2)8-4-7(10)5-9(6-8)12-3;1-2/h4-6H,1-3H3;4-6H,10H2,1-3H3;1-2H3. The molecule has 2 aromatic carbocycles. The van der Waals surface area contributed by atoms with Crippen molar-refractivity contribution in [2.75, 3.05) is 57.9 Å². The highest BCUT2D eigenvalue weighted by atomic mass is 16.6. The maximum Gasteiger partial charge on any atom is 0.275 e. The quantitative estimate of drug-likeness (QED) is 0.466. The molecule has 8 heteroatoms. The van der Waals surface area contributed by atoms with Gasteiger partial charge in [-0.3, -0.25) is 10.1 Å². The average molecular weight is 393 g/mol. The fraction of sp³-hybridized carbons (Fsp3) is 0.400. The van der Waals surface area contributed by atoms with E-state index in [1.807, 2.05) is 59.1 Å². The number of nitro groups is 1. The van der Waals surface area contributed by atoms with E-state index in [1.165, 1.54) is 19.2 Å². The predicted molar refractivity (Wildman–Crippen MR) is 117 cm³/mol. The molecule has 0 aliphatic heterocycles. The highest BCUT2D eigenvalue weighted by Crippen LogP contribution is 2.27. The van der Waals surface area contributed by atoms with Crippen LogP contribution in [0.5, 0.6) is 11.5 Å². The van der Waals surface area contributed by atoms with Gasteiger partial charge in [-0.15, -0.1) is 0 Å². The van der Waals surface area contributed by atoms with Gasteiger partial charge in [0.15, 0.2) is 0 Å². The Labute approximate surface area is 167 Å². The molecule has 0 aliphatic carbocycles. The maximum atomic E-state index is 10.6. The summed E-state index contributed by atoms with van der Waals surface area (Å²) in [5, 5.41) is 10.6. The molecule has 0 heterocycles. The van der Waals surface area contributed by atoms with E-state index in [0.29, 0.717) is 5.75 Å². The first kappa shape index (κ1) is 24.8. The van der Waals surface area contributed by atoms with Crippen molar-refractivity contribution in [2.24, 2.45) is 0 Å². The first-order chi connectivity index (χ1) is 13.2. The fourth-order valence-corrected chi connectivity index (χ4v) is 2.03. The van der Waals surface area contributed by atoms with E-state index in [-0.39, 0.29) is 5.69 Å². The summed E-state index contributed by atoms with van der Waals surface area (Å²) in [5.74, 6) is 1.28. The molecular formula is C20H32N4O4. The molecule has 28 heavy (non-hydrogen) atoms. The molecule has 2 aromatic rings. The van der Waals surface area contributed by atoms with Crippen LogP contribution < -0.4 is 25.0 Å². The van der Waals surface area contributed by atoms with E-state index in [0.717, 1.165) is 22.8 Å². The molecule has 2 N–H and O–H groups in total. The Morgan fingerprint density at radius 2 is 1.25 bits per heavy atom. The van der Waals surface area contributed by atoms with Crippen molar-refractivity contribution in [1.29, 1.82) is 0 Å². The van der Waals surface area contributed by atoms with Gasteiger partial charge in [0.25, 0.3) is 5.69 Å². The number of nitrogens with zero attached hydrogens (tertiary/aromatic N) is 3. The zero-order valence-corrected chi connectivity index (χ0v) is 18.0. The SMILES string of the molecule is CC.COc1cc(N(C)C)cc([N+](=O)[O-])c1.COc1cc(N)cc(N(C)C)c1. The second-order valence-electron chi connectivity index (χ2n) is 5.90. The monoisotopic (exact) mass is 392 g/mol. The largest absolute Gasteiger partial charge is 0.497 e. The smallest absolute Gasteiger partial charge is 0.275 e. The molecule has 8 nitrogen and oxygen atoms in total. The molecule has 156 valence electrons. The van der Waals surface area contributed by atoms with Crippen molar-refractivity contribution in [3.8, 4) is 11.5 Å². The van der Waals surface area contributed by atoms with Gasteiger partial charge in [0.05, 0.1) is 25.2 Å². The molecule has 0 bridgehead atoms. The zero-order chi connectivity index (χ0) is 21.9. The normalized spacial score (nSPS) is 9.14. The lowest BCUT2D eigenvalue weighted by Crippen LogP contribution is -2.09. The van der Waals surface area contributed by atoms with E-state index >= 15 is 0 Å². The number of hydrogen-bond donors (Lipinski definition) is 1. The third kappa shape index (κ3) is 8.03. The van der Waals surface area contributed by atoms with E-state index < -0.39 is 4.92 Å².